The van der Waals surface area contributed by atoms with Gasteiger partial charge in [0.05, 0.1) is 18.8 Å². The summed E-state index contributed by atoms with van der Waals surface area (Å²) in [5.41, 5.74) is 1.00. The van der Waals surface area contributed by atoms with Crippen molar-refractivity contribution in [3.8, 4) is 11.3 Å². The van der Waals surface area contributed by atoms with E-state index in [4.69, 9.17) is 0 Å². The molecular formula is C18H22F2N3OS+. The van der Waals surface area contributed by atoms with Crippen LogP contribution in [0.1, 0.15) is 26.7 Å². The van der Waals surface area contributed by atoms with Crippen molar-refractivity contribution in [3.63, 3.8) is 0 Å². The number of nitrogens with one attached hydrogen (secondary N) is 2. The topological polar surface area (TPSA) is 46.4 Å². The van der Waals surface area contributed by atoms with E-state index in [0.29, 0.717) is 16.4 Å². The maximum atomic E-state index is 13.3. The Hall–Kier alpha value is -1.86. The molecule has 0 spiro atoms. The second-order valence-electron chi connectivity index (χ2n) is 6.72. The van der Waals surface area contributed by atoms with Gasteiger partial charge in [0, 0.05) is 10.9 Å². The van der Waals surface area contributed by atoms with Gasteiger partial charge in [-0.05, 0) is 43.9 Å². The molecule has 2 aromatic rings. The lowest BCUT2D eigenvalue weighted by Gasteiger charge is -2.31. The molecule has 1 fully saturated rings. The fraction of sp³-hybridized carbons (Fsp3) is 0.444. The SMILES string of the molecule is CC1CC[NH+]([C@H](C)C(=O)Nc2nc(-c3ccc(F)c(F)c3)cs2)CC1. The molecule has 3 rings (SSSR count). The van der Waals surface area contributed by atoms with Gasteiger partial charge in [-0.15, -0.1) is 11.3 Å². The minimum absolute atomic E-state index is 0.0595. The van der Waals surface area contributed by atoms with Crippen LogP contribution in [0.15, 0.2) is 23.6 Å². The lowest BCUT2D eigenvalue weighted by atomic mass is 9.98. The average molecular weight is 366 g/mol. The van der Waals surface area contributed by atoms with Crippen LogP contribution in [-0.4, -0.2) is 30.0 Å². The third-order valence-electron chi connectivity index (χ3n) is 4.87. The first kappa shape index (κ1) is 17.9. The van der Waals surface area contributed by atoms with Crippen LogP contribution in [0.4, 0.5) is 13.9 Å². The van der Waals surface area contributed by atoms with Crippen molar-refractivity contribution in [2.45, 2.75) is 32.7 Å². The number of carbonyl (C=O) groups excluding carboxylic acids is 1. The molecule has 1 aliphatic rings. The highest BCUT2D eigenvalue weighted by Crippen LogP contribution is 2.26. The zero-order valence-corrected chi connectivity index (χ0v) is 15.1. The zero-order chi connectivity index (χ0) is 18.0. The van der Waals surface area contributed by atoms with Crippen LogP contribution >= 0.6 is 11.3 Å². The number of carbonyl (C=O) groups is 1. The summed E-state index contributed by atoms with van der Waals surface area (Å²) in [7, 11) is 0. The normalized spacial score (nSPS) is 21.8. The number of anilines is 1. The number of thiazole rings is 1. The number of likely N-dealkylation sites (tertiary alicyclic amines) is 1. The van der Waals surface area contributed by atoms with Gasteiger partial charge < -0.3 is 4.90 Å². The number of rotatable bonds is 4. The Morgan fingerprint density at radius 1 is 1.32 bits per heavy atom. The van der Waals surface area contributed by atoms with E-state index in [2.05, 4.69) is 17.2 Å². The van der Waals surface area contributed by atoms with Crippen molar-refractivity contribution < 1.29 is 18.5 Å². The van der Waals surface area contributed by atoms with Crippen molar-refractivity contribution in [2.75, 3.05) is 18.4 Å². The molecule has 7 heteroatoms. The van der Waals surface area contributed by atoms with Gasteiger partial charge in [-0.3, -0.25) is 10.1 Å². The van der Waals surface area contributed by atoms with Gasteiger partial charge in [0.15, 0.2) is 22.8 Å². The van der Waals surface area contributed by atoms with Crippen LogP contribution in [-0.2, 0) is 4.79 Å². The lowest BCUT2D eigenvalue weighted by molar-refractivity contribution is -0.919. The Balaban J connectivity index is 1.64. The number of aromatic nitrogens is 1. The summed E-state index contributed by atoms with van der Waals surface area (Å²) in [6.45, 7) is 6.20. The molecule has 0 unspecified atom stereocenters. The van der Waals surface area contributed by atoms with E-state index in [1.165, 1.54) is 22.3 Å². The van der Waals surface area contributed by atoms with Gasteiger partial charge in [-0.25, -0.2) is 13.8 Å². The van der Waals surface area contributed by atoms with E-state index < -0.39 is 11.6 Å². The molecule has 1 atom stereocenters. The number of benzene rings is 1. The largest absolute Gasteiger partial charge is 0.325 e. The van der Waals surface area contributed by atoms with Gasteiger partial charge in [0.2, 0.25) is 0 Å². The molecule has 1 aliphatic heterocycles. The van der Waals surface area contributed by atoms with E-state index >= 15 is 0 Å². The standard InChI is InChI=1S/C18H21F2N3OS/c1-11-5-7-23(8-6-11)12(2)17(24)22-18-21-16(10-25-18)13-3-4-14(19)15(20)9-13/h3-4,9-12H,5-8H2,1-2H3,(H,21,22,24)/p+1/t12-/m1/s1. The van der Waals surface area contributed by atoms with Gasteiger partial charge in [-0.2, -0.15) is 0 Å². The summed E-state index contributed by atoms with van der Waals surface area (Å²) in [6.07, 6.45) is 2.29. The molecule has 0 aliphatic carbocycles. The molecule has 1 amide bonds. The molecule has 4 nitrogen and oxygen atoms in total. The maximum Gasteiger partial charge on any atom is 0.284 e. The Bertz CT molecular complexity index is 757. The highest BCUT2D eigenvalue weighted by Gasteiger charge is 2.29. The van der Waals surface area contributed by atoms with Crippen LogP contribution in [0.25, 0.3) is 11.3 Å². The van der Waals surface area contributed by atoms with E-state index in [1.807, 2.05) is 6.92 Å². The first-order valence-electron chi connectivity index (χ1n) is 8.50. The second-order valence-corrected chi connectivity index (χ2v) is 7.58. The zero-order valence-electron chi connectivity index (χ0n) is 14.3. The van der Waals surface area contributed by atoms with Crippen LogP contribution in [0, 0.1) is 17.6 Å². The summed E-state index contributed by atoms with van der Waals surface area (Å²) in [6, 6.07) is 3.52. The van der Waals surface area contributed by atoms with Gasteiger partial charge in [0.25, 0.3) is 5.91 Å². The van der Waals surface area contributed by atoms with Gasteiger partial charge in [0.1, 0.15) is 0 Å². The Morgan fingerprint density at radius 3 is 2.72 bits per heavy atom. The Labute approximate surface area is 149 Å². The fourth-order valence-electron chi connectivity index (χ4n) is 3.08. The summed E-state index contributed by atoms with van der Waals surface area (Å²) >= 11 is 1.28. The smallest absolute Gasteiger partial charge is 0.284 e. The minimum Gasteiger partial charge on any atom is -0.325 e. The van der Waals surface area contributed by atoms with Crippen molar-refractivity contribution in [1.29, 1.82) is 0 Å². The number of piperidine rings is 1. The third kappa shape index (κ3) is 4.22. The van der Waals surface area contributed by atoms with Crippen molar-refractivity contribution in [2.24, 2.45) is 5.92 Å². The number of quaternary nitrogens is 1. The summed E-state index contributed by atoms with van der Waals surface area (Å²) in [5, 5.41) is 5.04. The van der Waals surface area contributed by atoms with Crippen LogP contribution in [0.5, 0.6) is 0 Å². The summed E-state index contributed by atoms with van der Waals surface area (Å²) in [4.78, 5) is 18.1. The van der Waals surface area contributed by atoms with E-state index in [0.717, 1.165) is 44.0 Å². The molecule has 1 aromatic heterocycles. The molecule has 0 bridgehead atoms. The molecule has 0 radical (unpaired) electrons. The van der Waals surface area contributed by atoms with Crippen molar-refractivity contribution in [3.05, 3.63) is 35.2 Å². The number of hydrogen-bond acceptors (Lipinski definition) is 3. The highest BCUT2D eigenvalue weighted by atomic mass is 32.1. The molecule has 2 N–H and O–H groups in total. The minimum atomic E-state index is -0.910. The summed E-state index contributed by atoms with van der Waals surface area (Å²) in [5.74, 6) is -1.12. The fourth-order valence-corrected chi connectivity index (χ4v) is 3.81. The first-order valence-corrected chi connectivity index (χ1v) is 9.38. The quantitative estimate of drug-likeness (QED) is 0.874. The van der Waals surface area contributed by atoms with Crippen molar-refractivity contribution >= 4 is 22.4 Å². The number of amides is 1. The maximum absolute atomic E-state index is 13.3. The molecule has 134 valence electrons. The predicted molar refractivity (Wildman–Crippen MR) is 94.7 cm³/mol. The van der Waals surface area contributed by atoms with Crippen molar-refractivity contribution in [1.82, 2.24) is 4.98 Å². The average Bonchev–Trinajstić information content (AvgIpc) is 3.06. The molecule has 1 saturated heterocycles. The van der Waals surface area contributed by atoms with E-state index in [9.17, 15) is 13.6 Å². The molecule has 2 heterocycles. The van der Waals surface area contributed by atoms with E-state index in [-0.39, 0.29) is 11.9 Å². The van der Waals surface area contributed by atoms with Crippen LogP contribution in [0.2, 0.25) is 0 Å². The summed E-state index contributed by atoms with van der Waals surface area (Å²) < 4.78 is 26.4. The first-order chi connectivity index (χ1) is 11.9. The predicted octanol–water partition coefficient (Wildman–Crippen LogP) is 2.73. The number of hydrogen-bond donors (Lipinski definition) is 2. The third-order valence-corrected chi connectivity index (χ3v) is 5.63. The number of halogens is 2. The lowest BCUT2D eigenvalue weighted by Crippen LogP contribution is -3.17. The van der Waals surface area contributed by atoms with Crippen LogP contribution in [0.3, 0.4) is 0 Å². The Kier molecular flexibility index (Phi) is 5.44. The second kappa shape index (κ2) is 7.58. The van der Waals surface area contributed by atoms with Crippen LogP contribution < -0.4 is 10.2 Å². The number of nitrogens with zero attached hydrogens (tertiary/aromatic N) is 1. The monoisotopic (exact) mass is 366 g/mol. The molecule has 25 heavy (non-hydrogen) atoms. The van der Waals surface area contributed by atoms with Gasteiger partial charge >= 0.3 is 0 Å². The highest BCUT2D eigenvalue weighted by molar-refractivity contribution is 7.14. The van der Waals surface area contributed by atoms with E-state index in [1.54, 1.807) is 5.38 Å². The van der Waals surface area contributed by atoms with Gasteiger partial charge in [-0.1, -0.05) is 6.92 Å². The molecule has 0 saturated carbocycles. The Morgan fingerprint density at radius 2 is 2.04 bits per heavy atom. The molecular weight excluding hydrogens is 344 g/mol. The molecule has 1 aromatic carbocycles.